The maximum atomic E-state index is 5.96. The van der Waals surface area contributed by atoms with Crippen molar-refractivity contribution in [2.24, 2.45) is 7.05 Å². The summed E-state index contributed by atoms with van der Waals surface area (Å²) in [5, 5.41) is 0. The van der Waals surface area contributed by atoms with Crippen LogP contribution in [0.2, 0.25) is 0 Å². The molecule has 0 spiro atoms. The van der Waals surface area contributed by atoms with Crippen LogP contribution in [0, 0.1) is 6.92 Å². The number of nitrogens with zero attached hydrogens (tertiary/aromatic N) is 2. The van der Waals surface area contributed by atoms with Gasteiger partial charge in [0.05, 0.1) is 11.0 Å². The molecule has 3 aromatic rings. The van der Waals surface area contributed by atoms with Crippen molar-refractivity contribution >= 4 is 16.7 Å². The van der Waals surface area contributed by atoms with E-state index in [4.69, 9.17) is 5.73 Å². The minimum atomic E-state index is 0.801. The highest BCUT2D eigenvalue weighted by molar-refractivity contribution is 5.75. The summed E-state index contributed by atoms with van der Waals surface area (Å²) in [7, 11) is 2.06. The lowest BCUT2D eigenvalue weighted by atomic mass is 10.1. The Morgan fingerprint density at radius 3 is 2.68 bits per heavy atom. The fourth-order valence-electron chi connectivity index (χ4n) is 2.34. The Morgan fingerprint density at radius 2 is 1.95 bits per heavy atom. The summed E-state index contributed by atoms with van der Waals surface area (Å²) in [6.07, 6.45) is 0.801. The number of fused-ring (bicyclic) bond motifs is 1. The zero-order chi connectivity index (χ0) is 13.4. The van der Waals surface area contributed by atoms with Crippen molar-refractivity contribution in [1.82, 2.24) is 9.55 Å². The van der Waals surface area contributed by atoms with Gasteiger partial charge in [0.15, 0.2) is 0 Å². The van der Waals surface area contributed by atoms with Gasteiger partial charge in [-0.05, 0) is 36.2 Å². The molecule has 0 aliphatic carbocycles. The Morgan fingerprint density at radius 1 is 1.16 bits per heavy atom. The average molecular weight is 251 g/mol. The first-order valence-corrected chi connectivity index (χ1v) is 6.40. The van der Waals surface area contributed by atoms with Crippen LogP contribution in [0.3, 0.4) is 0 Å². The van der Waals surface area contributed by atoms with E-state index in [9.17, 15) is 0 Å². The molecule has 96 valence electrons. The molecule has 0 saturated heterocycles. The lowest BCUT2D eigenvalue weighted by molar-refractivity contribution is 0.844. The van der Waals surface area contributed by atoms with Crippen LogP contribution in [-0.4, -0.2) is 9.55 Å². The largest absolute Gasteiger partial charge is 0.399 e. The summed E-state index contributed by atoms with van der Waals surface area (Å²) in [4.78, 5) is 4.68. The molecule has 19 heavy (non-hydrogen) atoms. The van der Waals surface area contributed by atoms with Crippen molar-refractivity contribution in [3.63, 3.8) is 0 Å². The second kappa shape index (κ2) is 4.43. The highest BCUT2D eigenvalue weighted by Crippen LogP contribution is 2.19. The minimum absolute atomic E-state index is 0.801. The molecule has 1 aromatic heterocycles. The van der Waals surface area contributed by atoms with Gasteiger partial charge >= 0.3 is 0 Å². The molecule has 0 bridgehead atoms. The zero-order valence-electron chi connectivity index (χ0n) is 11.2. The number of imidazole rings is 1. The van der Waals surface area contributed by atoms with Crippen molar-refractivity contribution in [2.75, 3.05) is 5.73 Å². The summed E-state index contributed by atoms with van der Waals surface area (Å²) < 4.78 is 2.14. The van der Waals surface area contributed by atoms with Crippen LogP contribution >= 0.6 is 0 Å². The highest BCUT2D eigenvalue weighted by atomic mass is 15.1. The molecule has 0 aliphatic rings. The van der Waals surface area contributed by atoms with Crippen molar-refractivity contribution < 1.29 is 0 Å². The molecule has 3 nitrogen and oxygen atoms in total. The molecule has 0 radical (unpaired) electrons. The Labute approximate surface area is 112 Å². The Balaban J connectivity index is 2.01. The number of hydrogen-bond donors (Lipinski definition) is 1. The van der Waals surface area contributed by atoms with Gasteiger partial charge in [-0.25, -0.2) is 4.98 Å². The van der Waals surface area contributed by atoms with E-state index in [1.165, 1.54) is 5.56 Å². The molecule has 3 rings (SSSR count). The van der Waals surface area contributed by atoms with Gasteiger partial charge in [-0.1, -0.05) is 24.3 Å². The molecule has 3 heteroatoms. The van der Waals surface area contributed by atoms with Gasteiger partial charge in [0, 0.05) is 19.2 Å². The second-order valence-electron chi connectivity index (χ2n) is 4.94. The highest BCUT2D eigenvalue weighted by Gasteiger charge is 2.08. The SMILES string of the molecule is Cc1ccc(Cc2nc3ccccc3n2C)cc1N. The molecule has 2 N–H and O–H groups in total. The van der Waals surface area contributed by atoms with Crippen LogP contribution in [0.15, 0.2) is 42.5 Å². The van der Waals surface area contributed by atoms with E-state index < -0.39 is 0 Å². The second-order valence-corrected chi connectivity index (χ2v) is 4.94. The Kier molecular flexibility index (Phi) is 2.75. The van der Waals surface area contributed by atoms with Crippen LogP contribution in [0.1, 0.15) is 17.0 Å². The first-order chi connectivity index (χ1) is 9.15. The third kappa shape index (κ3) is 2.08. The lowest BCUT2D eigenvalue weighted by Gasteiger charge is -2.05. The first-order valence-electron chi connectivity index (χ1n) is 6.40. The van der Waals surface area contributed by atoms with Crippen molar-refractivity contribution in [3.8, 4) is 0 Å². The number of anilines is 1. The third-order valence-corrected chi connectivity index (χ3v) is 3.59. The van der Waals surface area contributed by atoms with Gasteiger partial charge in [-0.2, -0.15) is 0 Å². The minimum Gasteiger partial charge on any atom is -0.399 e. The normalized spacial score (nSPS) is 11.1. The van der Waals surface area contributed by atoms with Crippen LogP contribution in [-0.2, 0) is 13.5 Å². The number of rotatable bonds is 2. The number of benzene rings is 2. The van der Waals surface area contributed by atoms with E-state index in [1.54, 1.807) is 0 Å². The number of nitrogens with two attached hydrogens (primary N) is 1. The smallest absolute Gasteiger partial charge is 0.114 e. The molecule has 2 aromatic carbocycles. The predicted molar refractivity (Wildman–Crippen MR) is 79.1 cm³/mol. The van der Waals surface area contributed by atoms with E-state index in [1.807, 2.05) is 31.2 Å². The topological polar surface area (TPSA) is 43.8 Å². The maximum absolute atomic E-state index is 5.96. The third-order valence-electron chi connectivity index (χ3n) is 3.59. The van der Waals surface area contributed by atoms with E-state index in [0.29, 0.717) is 0 Å². The standard InChI is InChI=1S/C16H17N3/c1-11-7-8-12(9-13(11)17)10-16-18-14-5-3-4-6-15(14)19(16)2/h3-9H,10,17H2,1-2H3. The molecule has 0 atom stereocenters. The van der Waals surface area contributed by atoms with Gasteiger partial charge in [0.1, 0.15) is 5.82 Å². The Bertz CT molecular complexity index is 741. The van der Waals surface area contributed by atoms with Crippen molar-refractivity contribution in [1.29, 1.82) is 0 Å². The van der Waals surface area contributed by atoms with Gasteiger partial charge in [-0.3, -0.25) is 0 Å². The van der Waals surface area contributed by atoms with Crippen LogP contribution in [0.25, 0.3) is 11.0 Å². The van der Waals surface area contributed by atoms with Gasteiger partial charge in [-0.15, -0.1) is 0 Å². The maximum Gasteiger partial charge on any atom is 0.114 e. The van der Waals surface area contributed by atoms with E-state index in [-0.39, 0.29) is 0 Å². The number of hydrogen-bond acceptors (Lipinski definition) is 2. The van der Waals surface area contributed by atoms with E-state index >= 15 is 0 Å². The Hall–Kier alpha value is -2.29. The molecule has 0 unspecified atom stereocenters. The molecule has 0 aliphatic heterocycles. The number of aryl methyl sites for hydroxylation is 2. The van der Waals surface area contributed by atoms with Gasteiger partial charge < -0.3 is 10.3 Å². The zero-order valence-corrected chi connectivity index (χ0v) is 11.2. The average Bonchev–Trinajstić information content (AvgIpc) is 2.72. The van der Waals surface area contributed by atoms with Crippen molar-refractivity contribution in [3.05, 3.63) is 59.4 Å². The summed E-state index contributed by atoms with van der Waals surface area (Å²) in [5.74, 6) is 1.06. The fraction of sp³-hybridized carbons (Fsp3) is 0.188. The monoisotopic (exact) mass is 251 g/mol. The molecule has 0 saturated carbocycles. The van der Waals surface area contributed by atoms with Gasteiger partial charge in [0.2, 0.25) is 0 Å². The summed E-state index contributed by atoms with van der Waals surface area (Å²) in [6, 6.07) is 14.4. The van der Waals surface area contributed by atoms with Crippen LogP contribution in [0.5, 0.6) is 0 Å². The molecular weight excluding hydrogens is 234 g/mol. The predicted octanol–water partition coefficient (Wildman–Crippen LogP) is 3.05. The summed E-state index contributed by atoms with van der Waals surface area (Å²) in [5.41, 5.74) is 11.3. The molecule has 0 amide bonds. The number of aromatic nitrogens is 2. The summed E-state index contributed by atoms with van der Waals surface area (Å²) >= 11 is 0. The lowest BCUT2D eigenvalue weighted by Crippen LogP contribution is -2.00. The van der Waals surface area contributed by atoms with Gasteiger partial charge in [0.25, 0.3) is 0 Å². The quantitative estimate of drug-likeness (QED) is 0.711. The number of para-hydroxylation sites is 2. The summed E-state index contributed by atoms with van der Waals surface area (Å²) in [6.45, 7) is 2.02. The van der Waals surface area contributed by atoms with Crippen LogP contribution < -0.4 is 5.73 Å². The number of nitrogen functional groups attached to an aromatic ring is 1. The van der Waals surface area contributed by atoms with E-state index in [0.717, 1.165) is 34.5 Å². The van der Waals surface area contributed by atoms with E-state index in [2.05, 4.69) is 34.8 Å². The van der Waals surface area contributed by atoms with Crippen LogP contribution in [0.4, 0.5) is 5.69 Å². The molecular formula is C16H17N3. The molecule has 0 fully saturated rings. The fourth-order valence-corrected chi connectivity index (χ4v) is 2.34. The molecule has 1 heterocycles. The van der Waals surface area contributed by atoms with Crippen molar-refractivity contribution in [2.45, 2.75) is 13.3 Å². The first kappa shape index (κ1) is 11.8.